The zero-order valence-electron chi connectivity index (χ0n) is 7.01. The third-order valence-corrected chi connectivity index (χ3v) is 1.50. The molecule has 7 heteroatoms. The summed E-state index contributed by atoms with van der Waals surface area (Å²) in [5.41, 5.74) is 0.729. The van der Waals surface area contributed by atoms with E-state index < -0.39 is 11.3 Å². The van der Waals surface area contributed by atoms with Crippen LogP contribution < -0.4 is 0 Å². The molecule has 0 N–H and O–H groups in total. The molecule has 1 heterocycles. The van der Waals surface area contributed by atoms with E-state index in [-0.39, 0.29) is 5.95 Å². The molecular formula is C7H5ClF3N3. The van der Waals surface area contributed by atoms with E-state index in [1.54, 1.807) is 6.92 Å². The van der Waals surface area contributed by atoms with Gasteiger partial charge < -0.3 is 0 Å². The van der Waals surface area contributed by atoms with Crippen LogP contribution in [0.25, 0.3) is 0 Å². The molecule has 1 rings (SSSR count). The minimum atomic E-state index is -4.66. The zero-order valence-corrected chi connectivity index (χ0v) is 7.76. The van der Waals surface area contributed by atoms with Crippen molar-refractivity contribution in [1.29, 1.82) is 0 Å². The zero-order chi connectivity index (χ0) is 10.8. The lowest BCUT2D eigenvalue weighted by atomic mass is 10.4. The molecule has 0 spiro atoms. The van der Waals surface area contributed by atoms with Gasteiger partial charge in [-0.2, -0.15) is 18.2 Å². The standard InChI is InChI=1S/C7H5ClF3N3/c1-4-2-12-6(13-3-4)14-5(8)7(9,10)11/h2-3H,1H3. The summed E-state index contributed by atoms with van der Waals surface area (Å²) in [7, 11) is 0. The molecule has 0 fully saturated rings. The highest BCUT2D eigenvalue weighted by Gasteiger charge is 2.34. The summed E-state index contributed by atoms with van der Waals surface area (Å²) in [5, 5.41) is -1.48. The van der Waals surface area contributed by atoms with E-state index in [4.69, 9.17) is 11.6 Å². The van der Waals surface area contributed by atoms with Gasteiger partial charge in [-0.1, -0.05) is 11.6 Å². The largest absolute Gasteiger partial charge is 0.444 e. The molecule has 0 aliphatic carbocycles. The summed E-state index contributed by atoms with van der Waals surface area (Å²) < 4.78 is 35.7. The number of alkyl halides is 3. The van der Waals surface area contributed by atoms with Gasteiger partial charge in [0.1, 0.15) is 0 Å². The van der Waals surface area contributed by atoms with E-state index in [0.717, 1.165) is 5.56 Å². The van der Waals surface area contributed by atoms with E-state index in [1.807, 2.05) is 0 Å². The Kier molecular flexibility index (Phi) is 3.05. The van der Waals surface area contributed by atoms with Crippen molar-refractivity contribution >= 4 is 22.7 Å². The third kappa shape index (κ3) is 2.95. The van der Waals surface area contributed by atoms with Crippen LogP contribution in [-0.4, -0.2) is 21.3 Å². The summed E-state index contributed by atoms with van der Waals surface area (Å²) in [6, 6.07) is 0. The van der Waals surface area contributed by atoms with Crippen LogP contribution in [0.2, 0.25) is 0 Å². The van der Waals surface area contributed by atoms with E-state index in [1.165, 1.54) is 12.4 Å². The lowest BCUT2D eigenvalue weighted by molar-refractivity contribution is -0.0558. The van der Waals surface area contributed by atoms with Crippen LogP contribution in [0.3, 0.4) is 0 Å². The van der Waals surface area contributed by atoms with Crippen LogP contribution in [0.5, 0.6) is 0 Å². The van der Waals surface area contributed by atoms with Crippen molar-refractivity contribution in [2.24, 2.45) is 4.99 Å². The average molecular weight is 224 g/mol. The van der Waals surface area contributed by atoms with Gasteiger partial charge in [-0.15, -0.1) is 0 Å². The molecule has 0 aliphatic heterocycles. The molecule has 0 aromatic carbocycles. The molecular weight excluding hydrogens is 219 g/mol. The molecule has 0 saturated carbocycles. The van der Waals surface area contributed by atoms with Gasteiger partial charge in [-0.05, 0) is 12.5 Å². The van der Waals surface area contributed by atoms with Gasteiger partial charge in [0.05, 0.1) is 0 Å². The number of hydrogen-bond acceptors (Lipinski definition) is 3. The number of rotatable bonds is 1. The number of nitrogens with zero attached hydrogens (tertiary/aromatic N) is 3. The predicted molar refractivity (Wildman–Crippen MR) is 45.8 cm³/mol. The number of halogens is 4. The Morgan fingerprint density at radius 2 is 1.86 bits per heavy atom. The van der Waals surface area contributed by atoms with Gasteiger partial charge in [-0.3, -0.25) is 0 Å². The maximum atomic E-state index is 11.9. The van der Waals surface area contributed by atoms with Crippen LogP contribution >= 0.6 is 11.6 Å². The van der Waals surface area contributed by atoms with E-state index in [0.29, 0.717) is 0 Å². The maximum absolute atomic E-state index is 11.9. The highest BCUT2D eigenvalue weighted by atomic mass is 35.5. The second-order valence-corrected chi connectivity index (χ2v) is 2.82. The van der Waals surface area contributed by atoms with Crippen molar-refractivity contribution in [2.45, 2.75) is 13.1 Å². The Morgan fingerprint density at radius 1 is 1.36 bits per heavy atom. The van der Waals surface area contributed by atoms with Gasteiger partial charge in [0.15, 0.2) is 0 Å². The molecule has 1 aromatic heterocycles. The van der Waals surface area contributed by atoms with E-state index in [9.17, 15) is 13.2 Å². The number of aromatic nitrogens is 2. The Labute approximate surface area is 82.7 Å². The van der Waals surface area contributed by atoms with Gasteiger partial charge in [0.2, 0.25) is 5.17 Å². The minimum absolute atomic E-state index is 0.307. The predicted octanol–water partition coefficient (Wildman–Crippen LogP) is 2.62. The summed E-state index contributed by atoms with van der Waals surface area (Å²) in [4.78, 5) is 10.1. The molecule has 76 valence electrons. The van der Waals surface area contributed by atoms with Crippen molar-refractivity contribution in [3.63, 3.8) is 0 Å². The fourth-order valence-electron chi connectivity index (χ4n) is 0.595. The Hall–Kier alpha value is -1.17. The van der Waals surface area contributed by atoms with Crippen LogP contribution in [-0.2, 0) is 0 Å². The molecule has 3 nitrogen and oxygen atoms in total. The summed E-state index contributed by atoms with van der Waals surface area (Å²) in [6.07, 6.45) is -1.95. The first-order valence-corrected chi connectivity index (χ1v) is 3.87. The first-order valence-electron chi connectivity index (χ1n) is 3.49. The van der Waals surface area contributed by atoms with Gasteiger partial charge in [-0.25, -0.2) is 9.97 Å². The molecule has 0 aliphatic rings. The normalized spacial score (nSPS) is 13.1. The second-order valence-electron chi connectivity index (χ2n) is 2.46. The summed E-state index contributed by atoms with van der Waals surface area (Å²) >= 11 is 4.88. The Bertz CT molecular complexity index is 344. The lowest BCUT2D eigenvalue weighted by Gasteiger charge is -2.01. The molecule has 0 unspecified atom stereocenters. The van der Waals surface area contributed by atoms with Crippen molar-refractivity contribution in [3.8, 4) is 0 Å². The highest BCUT2D eigenvalue weighted by molar-refractivity contribution is 6.67. The monoisotopic (exact) mass is 223 g/mol. The van der Waals surface area contributed by atoms with Crippen LogP contribution in [0.4, 0.5) is 19.1 Å². The molecule has 14 heavy (non-hydrogen) atoms. The quantitative estimate of drug-likeness (QED) is 0.687. The first-order chi connectivity index (χ1) is 6.39. The van der Waals surface area contributed by atoms with E-state index >= 15 is 0 Å². The fraction of sp³-hybridized carbons (Fsp3) is 0.286. The smallest absolute Gasteiger partial charge is 0.219 e. The second kappa shape index (κ2) is 3.91. The average Bonchev–Trinajstić information content (AvgIpc) is 2.07. The van der Waals surface area contributed by atoms with Crippen molar-refractivity contribution in [1.82, 2.24) is 9.97 Å². The molecule has 1 aromatic rings. The topological polar surface area (TPSA) is 38.1 Å². The SMILES string of the molecule is Cc1cnc(N=C(Cl)C(F)(F)F)nc1. The van der Waals surface area contributed by atoms with Gasteiger partial charge in [0.25, 0.3) is 5.95 Å². The van der Waals surface area contributed by atoms with Crippen molar-refractivity contribution in [3.05, 3.63) is 18.0 Å². The van der Waals surface area contributed by atoms with Gasteiger partial charge >= 0.3 is 6.18 Å². The molecule has 0 radical (unpaired) electrons. The summed E-state index contributed by atoms with van der Waals surface area (Å²) in [6.45, 7) is 1.71. The minimum Gasteiger partial charge on any atom is -0.219 e. The molecule has 0 bridgehead atoms. The van der Waals surface area contributed by atoms with Crippen LogP contribution in [0, 0.1) is 6.92 Å². The van der Waals surface area contributed by atoms with Crippen LogP contribution in [0.15, 0.2) is 17.4 Å². The number of hydrogen-bond donors (Lipinski definition) is 0. The van der Waals surface area contributed by atoms with Crippen molar-refractivity contribution in [2.75, 3.05) is 0 Å². The Balaban J connectivity index is 2.93. The highest BCUT2D eigenvalue weighted by Crippen LogP contribution is 2.21. The van der Waals surface area contributed by atoms with Crippen LogP contribution in [0.1, 0.15) is 5.56 Å². The van der Waals surface area contributed by atoms with Crippen molar-refractivity contribution < 1.29 is 13.2 Å². The Morgan fingerprint density at radius 3 is 2.29 bits per heavy atom. The first kappa shape index (κ1) is 10.9. The lowest BCUT2D eigenvalue weighted by Crippen LogP contribution is -2.16. The van der Waals surface area contributed by atoms with E-state index in [2.05, 4.69) is 15.0 Å². The molecule has 0 saturated heterocycles. The third-order valence-electron chi connectivity index (χ3n) is 1.20. The molecule has 0 amide bonds. The number of aryl methyl sites for hydroxylation is 1. The summed E-state index contributed by atoms with van der Waals surface area (Å²) in [5.74, 6) is -0.307. The fourth-order valence-corrected chi connectivity index (χ4v) is 0.670. The number of aliphatic imine (C=N–C) groups is 1. The maximum Gasteiger partial charge on any atom is 0.444 e. The molecule has 0 atom stereocenters. The van der Waals surface area contributed by atoms with Gasteiger partial charge in [0, 0.05) is 12.4 Å².